The van der Waals surface area contributed by atoms with Gasteiger partial charge in [0.15, 0.2) is 11.5 Å². The second-order valence-electron chi connectivity index (χ2n) is 6.70. The van der Waals surface area contributed by atoms with Crippen LogP contribution in [0.2, 0.25) is 5.02 Å². The molecule has 0 spiro atoms. The number of fused-ring (bicyclic) bond motifs is 1. The number of hydrogen-bond donors (Lipinski definition) is 2. The van der Waals surface area contributed by atoms with E-state index in [1.807, 2.05) is 6.07 Å². The summed E-state index contributed by atoms with van der Waals surface area (Å²) in [6.07, 6.45) is -0.0214. The fourth-order valence-corrected chi connectivity index (χ4v) is 3.50. The number of halogens is 1. The van der Waals surface area contributed by atoms with Crippen molar-refractivity contribution < 1.29 is 19.1 Å². The molecular weight excluding hydrogens is 408 g/mol. The highest BCUT2D eigenvalue weighted by Gasteiger charge is 2.32. The molecule has 154 valence electrons. The van der Waals surface area contributed by atoms with Gasteiger partial charge in [0, 0.05) is 22.3 Å². The third-order valence-electron chi connectivity index (χ3n) is 4.75. The topological polar surface area (TPSA) is 94.5 Å². The molecule has 0 bridgehead atoms. The van der Waals surface area contributed by atoms with Gasteiger partial charge in [-0.3, -0.25) is 9.59 Å². The molecule has 1 aliphatic heterocycles. The zero-order valence-electron chi connectivity index (χ0n) is 16.3. The number of benzene rings is 2. The van der Waals surface area contributed by atoms with Gasteiger partial charge in [-0.15, -0.1) is 0 Å². The lowest BCUT2D eigenvalue weighted by Crippen LogP contribution is -2.35. The summed E-state index contributed by atoms with van der Waals surface area (Å²) >= 11 is 5.98. The normalized spacial score (nSPS) is 15.2. The van der Waals surface area contributed by atoms with Gasteiger partial charge in [0.25, 0.3) is 0 Å². The molecule has 2 aromatic carbocycles. The third-order valence-corrected chi connectivity index (χ3v) is 4.99. The fraction of sp³-hybridized carbons (Fsp3) is 0.190. The number of carbonyl (C=O) groups is 2. The predicted molar refractivity (Wildman–Crippen MR) is 113 cm³/mol. The van der Waals surface area contributed by atoms with E-state index in [-0.39, 0.29) is 18.2 Å². The van der Waals surface area contributed by atoms with E-state index in [0.29, 0.717) is 33.7 Å². The Morgan fingerprint density at radius 3 is 2.70 bits per heavy atom. The lowest BCUT2D eigenvalue weighted by atomic mass is 10.1. The minimum Gasteiger partial charge on any atom is -0.493 e. The Kier molecular flexibility index (Phi) is 5.33. The zero-order valence-corrected chi connectivity index (χ0v) is 17.1. The molecule has 2 amide bonds. The molecule has 0 saturated heterocycles. The summed E-state index contributed by atoms with van der Waals surface area (Å²) in [5.74, 6) is 0.989. The van der Waals surface area contributed by atoms with Crippen LogP contribution in [-0.4, -0.2) is 35.8 Å². The molecule has 4 rings (SSSR count). The standard InChI is InChI=1S/C21H19ClN4O4/c1-29-17-7-6-12(8-18(17)30-2)15-10-19-24-20(27)11-16(26(19)25-15)21(28)23-14-5-3-4-13(22)9-14/h3-10,16H,11H2,1-2H3,(H,23,28)(H,24,27)/t16-/m0/s1. The highest BCUT2D eigenvalue weighted by Crippen LogP contribution is 2.35. The van der Waals surface area contributed by atoms with Gasteiger partial charge in [0.05, 0.1) is 26.3 Å². The minimum atomic E-state index is -0.790. The highest BCUT2D eigenvalue weighted by atomic mass is 35.5. The van der Waals surface area contributed by atoms with E-state index in [1.54, 1.807) is 56.7 Å². The van der Waals surface area contributed by atoms with E-state index in [0.717, 1.165) is 5.56 Å². The van der Waals surface area contributed by atoms with E-state index in [9.17, 15) is 9.59 Å². The van der Waals surface area contributed by atoms with Crippen LogP contribution in [0.3, 0.4) is 0 Å². The lowest BCUT2D eigenvalue weighted by Gasteiger charge is -2.23. The van der Waals surface area contributed by atoms with Gasteiger partial charge >= 0.3 is 0 Å². The van der Waals surface area contributed by atoms with E-state index < -0.39 is 6.04 Å². The molecule has 3 aromatic rings. The van der Waals surface area contributed by atoms with E-state index in [1.165, 1.54) is 4.68 Å². The molecule has 9 heteroatoms. The maximum atomic E-state index is 12.9. The van der Waals surface area contributed by atoms with Crippen LogP contribution < -0.4 is 20.1 Å². The van der Waals surface area contributed by atoms with Crippen LogP contribution in [0.5, 0.6) is 11.5 Å². The molecule has 8 nitrogen and oxygen atoms in total. The molecule has 0 aliphatic carbocycles. The number of ether oxygens (including phenoxy) is 2. The second-order valence-corrected chi connectivity index (χ2v) is 7.13. The van der Waals surface area contributed by atoms with Gasteiger partial charge in [-0.25, -0.2) is 4.68 Å². The molecule has 0 saturated carbocycles. The van der Waals surface area contributed by atoms with Crippen molar-refractivity contribution in [2.24, 2.45) is 0 Å². The van der Waals surface area contributed by atoms with Crippen molar-refractivity contribution in [2.75, 3.05) is 24.9 Å². The maximum absolute atomic E-state index is 12.9. The Balaban J connectivity index is 1.66. The van der Waals surface area contributed by atoms with Gasteiger partial charge in [-0.05, 0) is 36.4 Å². The molecule has 0 fully saturated rings. The van der Waals surface area contributed by atoms with Gasteiger partial charge in [0.2, 0.25) is 11.8 Å². The number of amides is 2. The van der Waals surface area contributed by atoms with Crippen LogP contribution in [0.1, 0.15) is 12.5 Å². The minimum absolute atomic E-state index is 0.0214. The van der Waals surface area contributed by atoms with Crippen LogP contribution >= 0.6 is 11.6 Å². The van der Waals surface area contributed by atoms with E-state index in [4.69, 9.17) is 21.1 Å². The summed E-state index contributed by atoms with van der Waals surface area (Å²) in [5.41, 5.74) is 1.90. The number of nitrogens with zero attached hydrogens (tertiary/aromatic N) is 2. The fourth-order valence-electron chi connectivity index (χ4n) is 3.31. The first-order valence-electron chi connectivity index (χ1n) is 9.16. The van der Waals surface area contributed by atoms with Crippen molar-refractivity contribution in [1.82, 2.24) is 9.78 Å². The quantitative estimate of drug-likeness (QED) is 0.648. The summed E-state index contributed by atoms with van der Waals surface area (Å²) in [4.78, 5) is 25.1. The van der Waals surface area contributed by atoms with Crippen LogP contribution in [0.25, 0.3) is 11.3 Å². The first kappa shape index (κ1) is 19.8. The Hall–Kier alpha value is -3.52. The summed E-state index contributed by atoms with van der Waals surface area (Å²) in [7, 11) is 3.11. The smallest absolute Gasteiger partial charge is 0.249 e. The van der Waals surface area contributed by atoms with Gasteiger partial charge in [-0.2, -0.15) is 5.10 Å². The first-order valence-corrected chi connectivity index (χ1v) is 9.54. The Bertz CT molecular complexity index is 1130. The van der Waals surface area contributed by atoms with Crippen LogP contribution in [0.4, 0.5) is 11.5 Å². The molecule has 2 N–H and O–H groups in total. The Morgan fingerprint density at radius 2 is 1.97 bits per heavy atom. The molecule has 2 heterocycles. The number of carbonyl (C=O) groups excluding carboxylic acids is 2. The SMILES string of the molecule is COc1ccc(-c2cc3n(n2)[C@H](C(=O)Nc2cccc(Cl)c2)CC(=O)N3)cc1OC. The summed E-state index contributed by atoms with van der Waals surface area (Å²) < 4.78 is 12.1. The summed E-state index contributed by atoms with van der Waals surface area (Å²) in [5, 5.41) is 10.6. The average Bonchev–Trinajstić information content (AvgIpc) is 3.16. The Labute approximate surface area is 177 Å². The van der Waals surface area contributed by atoms with Crippen LogP contribution in [0, 0.1) is 0 Å². The number of anilines is 2. The number of nitrogens with one attached hydrogen (secondary N) is 2. The number of aromatic nitrogens is 2. The van der Waals surface area contributed by atoms with Gasteiger partial charge < -0.3 is 20.1 Å². The van der Waals surface area contributed by atoms with Crippen LogP contribution in [0.15, 0.2) is 48.5 Å². The summed E-state index contributed by atoms with van der Waals surface area (Å²) in [6, 6.07) is 13.1. The molecule has 0 radical (unpaired) electrons. The molecular formula is C21H19ClN4O4. The first-order chi connectivity index (χ1) is 14.5. The number of rotatable bonds is 5. The van der Waals surface area contributed by atoms with Gasteiger partial charge in [-0.1, -0.05) is 17.7 Å². The lowest BCUT2D eigenvalue weighted by molar-refractivity contribution is -0.125. The van der Waals surface area contributed by atoms with Crippen molar-refractivity contribution in [3.8, 4) is 22.8 Å². The second kappa shape index (κ2) is 8.08. The van der Waals surface area contributed by atoms with Crippen molar-refractivity contribution in [1.29, 1.82) is 0 Å². The maximum Gasteiger partial charge on any atom is 0.249 e. The molecule has 1 aliphatic rings. The Morgan fingerprint density at radius 1 is 1.17 bits per heavy atom. The van der Waals surface area contributed by atoms with Crippen molar-refractivity contribution >= 4 is 34.9 Å². The van der Waals surface area contributed by atoms with Crippen molar-refractivity contribution in [3.05, 3.63) is 53.6 Å². The molecule has 30 heavy (non-hydrogen) atoms. The molecule has 1 atom stereocenters. The van der Waals surface area contributed by atoms with E-state index in [2.05, 4.69) is 15.7 Å². The zero-order chi connectivity index (χ0) is 21.3. The van der Waals surface area contributed by atoms with Crippen LogP contribution in [-0.2, 0) is 9.59 Å². The number of methoxy groups -OCH3 is 2. The highest BCUT2D eigenvalue weighted by molar-refractivity contribution is 6.30. The van der Waals surface area contributed by atoms with Gasteiger partial charge in [0.1, 0.15) is 11.9 Å². The van der Waals surface area contributed by atoms with Crippen molar-refractivity contribution in [3.63, 3.8) is 0 Å². The summed E-state index contributed by atoms with van der Waals surface area (Å²) in [6.45, 7) is 0. The largest absolute Gasteiger partial charge is 0.493 e. The molecule has 0 unspecified atom stereocenters. The predicted octanol–water partition coefficient (Wildman–Crippen LogP) is 3.74. The molecule has 1 aromatic heterocycles. The monoisotopic (exact) mass is 426 g/mol. The van der Waals surface area contributed by atoms with E-state index >= 15 is 0 Å². The number of hydrogen-bond acceptors (Lipinski definition) is 5. The third kappa shape index (κ3) is 3.81. The van der Waals surface area contributed by atoms with Crippen molar-refractivity contribution in [2.45, 2.75) is 12.5 Å². The average molecular weight is 427 g/mol.